The SMILES string of the molecule is CN[C@@H]1CC[C@@H](CO)C1. The van der Waals surface area contributed by atoms with Crippen LogP contribution in [0.4, 0.5) is 0 Å². The Bertz CT molecular complexity index is 75.0. The van der Waals surface area contributed by atoms with Crippen LogP contribution in [0.2, 0.25) is 0 Å². The Morgan fingerprint density at radius 1 is 1.56 bits per heavy atom. The van der Waals surface area contributed by atoms with E-state index in [1.807, 2.05) is 7.05 Å². The van der Waals surface area contributed by atoms with E-state index in [-0.39, 0.29) is 0 Å². The van der Waals surface area contributed by atoms with E-state index < -0.39 is 0 Å². The van der Waals surface area contributed by atoms with Crippen molar-refractivity contribution in [3.8, 4) is 0 Å². The molecule has 1 rings (SSSR count). The van der Waals surface area contributed by atoms with Gasteiger partial charge in [0.25, 0.3) is 0 Å². The maximum atomic E-state index is 8.75. The Kier molecular flexibility index (Phi) is 2.49. The van der Waals surface area contributed by atoms with Gasteiger partial charge in [-0.2, -0.15) is 0 Å². The standard InChI is InChI=1S/C7H15NO/c1-8-7-3-2-6(4-7)5-9/h6-9H,2-5H2,1H3/t6-,7-/m1/s1. The molecule has 1 saturated carbocycles. The maximum absolute atomic E-state index is 8.75. The Morgan fingerprint density at radius 3 is 2.67 bits per heavy atom. The number of nitrogens with one attached hydrogen (secondary N) is 1. The first-order chi connectivity index (χ1) is 4.36. The second-order valence-corrected chi connectivity index (χ2v) is 2.85. The van der Waals surface area contributed by atoms with Crippen molar-refractivity contribution in [2.45, 2.75) is 25.3 Å². The van der Waals surface area contributed by atoms with Crippen molar-refractivity contribution in [3.63, 3.8) is 0 Å². The summed E-state index contributed by atoms with van der Waals surface area (Å²) in [7, 11) is 1.99. The fourth-order valence-electron chi connectivity index (χ4n) is 1.50. The van der Waals surface area contributed by atoms with Crippen LogP contribution in [0.15, 0.2) is 0 Å². The van der Waals surface area contributed by atoms with Gasteiger partial charge in [-0.1, -0.05) is 0 Å². The summed E-state index contributed by atoms with van der Waals surface area (Å²) in [6.07, 6.45) is 3.59. The van der Waals surface area contributed by atoms with Crippen LogP contribution in [0.5, 0.6) is 0 Å². The van der Waals surface area contributed by atoms with Crippen molar-refractivity contribution in [3.05, 3.63) is 0 Å². The zero-order valence-corrected chi connectivity index (χ0v) is 5.93. The van der Waals surface area contributed by atoms with E-state index in [1.54, 1.807) is 0 Å². The quantitative estimate of drug-likeness (QED) is 0.564. The van der Waals surface area contributed by atoms with Gasteiger partial charge in [-0.3, -0.25) is 0 Å². The van der Waals surface area contributed by atoms with Crippen molar-refractivity contribution >= 4 is 0 Å². The van der Waals surface area contributed by atoms with E-state index in [4.69, 9.17) is 5.11 Å². The van der Waals surface area contributed by atoms with Gasteiger partial charge in [-0.15, -0.1) is 0 Å². The molecule has 1 aliphatic rings. The topological polar surface area (TPSA) is 32.3 Å². The Hall–Kier alpha value is -0.0800. The molecule has 9 heavy (non-hydrogen) atoms. The molecule has 0 aromatic carbocycles. The summed E-state index contributed by atoms with van der Waals surface area (Å²) in [6.45, 7) is 0.373. The molecule has 0 spiro atoms. The zero-order valence-electron chi connectivity index (χ0n) is 5.93. The Balaban J connectivity index is 2.20. The minimum absolute atomic E-state index is 0.373. The van der Waals surface area contributed by atoms with Crippen molar-refractivity contribution in [1.82, 2.24) is 5.32 Å². The fraction of sp³-hybridized carbons (Fsp3) is 1.00. The summed E-state index contributed by atoms with van der Waals surface area (Å²) in [4.78, 5) is 0. The van der Waals surface area contributed by atoms with Crippen LogP contribution in [0.25, 0.3) is 0 Å². The smallest absolute Gasteiger partial charge is 0.0459 e. The predicted octanol–water partition coefficient (Wildman–Crippen LogP) is 0.367. The van der Waals surface area contributed by atoms with Crippen molar-refractivity contribution < 1.29 is 5.11 Å². The molecule has 0 aliphatic heterocycles. The third kappa shape index (κ3) is 1.66. The molecule has 2 atom stereocenters. The van der Waals surface area contributed by atoms with E-state index in [1.165, 1.54) is 12.8 Å². The summed E-state index contributed by atoms with van der Waals surface area (Å²) in [5.74, 6) is 0.572. The minimum atomic E-state index is 0.373. The second-order valence-electron chi connectivity index (χ2n) is 2.85. The molecule has 0 unspecified atom stereocenters. The van der Waals surface area contributed by atoms with Gasteiger partial charge >= 0.3 is 0 Å². The third-order valence-corrected chi connectivity index (χ3v) is 2.21. The molecule has 0 heterocycles. The first-order valence-electron chi connectivity index (χ1n) is 3.65. The van der Waals surface area contributed by atoms with Gasteiger partial charge in [-0.25, -0.2) is 0 Å². The number of aliphatic hydroxyl groups excluding tert-OH is 1. The molecular weight excluding hydrogens is 114 g/mol. The van der Waals surface area contributed by atoms with Crippen LogP contribution in [0.1, 0.15) is 19.3 Å². The molecule has 0 aromatic rings. The van der Waals surface area contributed by atoms with E-state index in [0.717, 1.165) is 6.42 Å². The predicted molar refractivity (Wildman–Crippen MR) is 37.3 cm³/mol. The Labute approximate surface area is 56.3 Å². The fourth-order valence-corrected chi connectivity index (χ4v) is 1.50. The van der Waals surface area contributed by atoms with Gasteiger partial charge in [0.15, 0.2) is 0 Å². The molecule has 54 valence electrons. The minimum Gasteiger partial charge on any atom is -0.396 e. The van der Waals surface area contributed by atoms with Crippen molar-refractivity contribution in [2.24, 2.45) is 5.92 Å². The lowest BCUT2D eigenvalue weighted by atomic mass is 10.1. The second kappa shape index (κ2) is 3.18. The highest BCUT2D eigenvalue weighted by molar-refractivity contribution is 4.78. The van der Waals surface area contributed by atoms with E-state index in [2.05, 4.69) is 5.32 Å². The molecule has 2 nitrogen and oxygen atoms in total. The molecular formula is C7H15NO. The first kappa shape index (κ1) is 7.03. The van der Waals surface area contributed by atoms with Crippen LogP contribution in [0.3, 0.4) is 0 Å². The summed E-state index contributed by atoms with van der Waals surface area (Å²) < 4.78 is 0. The first-order valence-corrected chi connectivity index (χ1v) is 3.65. The highest BCUT2D eigenvalue weighted by Crippen LogP contribution is 2.24. The highest BCUT2D eigenvalue weighted by atomic mass is 16.3. The summed E-state index contributed by atoms with van der Waals surface area (Å²) in [5.41, 5.74) is 0. The normalized spacial score (nSPS) is 35.3. The largest absolute Gasteiger partial charge is 0.396 e. The molecule has 0 bridgehead atoms. The molecule has 1 aliphatic carbocycles. The monoisotopic (exact) mass is 129 g/mol. The third-order valence-electron chi connectivity index (χ3n) is 2.21. The van der Waals surface area contributed by atoms with E-state index >= 15 is 0 Å². The van der Waals surface area contributed by atoms with Gasteiger partial charge < -0.3 is 10.4 Å². The van der Waals surface area contributed by atoms with Crippen LogP contribution in [-0.2, 0) is 0 Å². The van der Waals surface area contributed by atoms with Crippen LogP contribution in [-0.4, -0.2) is 24.8 Å². The van der Waals surface area contributed by atoms with Crippen LogP contribution < -0.4 is 5.32 Å². The number of hydrogen-bond acceptors (Lipinski definition) is 2. The number of rotatable bonds is 2. The number of aliphatic hydroxyl groups is 1. The average Bonchev–Trinajstić information content (AvgIpc) is 2.34. The molecule has 1 fully saturated rings. The zero-order chi connectivity index (χ0) is 6.69. The summed E-state index contributed by atoms with van der Waals surface area (Å²) in [5, 5.41) is 12.0. The molecule has 0 radical (unpaired) electrons. The van der Waals surface area contributed by atoms with Gasteiger partial charge in [-0.05, 0) is 32.2 Å². The van der Waals surface area contributed by atoms with Crippen LogP contribution in [0, 0.1) is 5.92 Å². The van der Waals surface area contributed by atoms with Gasteiger partial charge in [0.1, 0.15) is 0 Å². The molecule has 2 N–H and O–H groups in total. The van der Waals surface area contributed by atoms with E-state index in [9.17, 15) is 0 Å². The maximum Gasteiger partial charge on any atom is 0.0459 e. The van der Waals surface area contributed by atoms with Crippen molar-refractivity contribution in [1.29, 1.82) is 0 Å². The van der Waals surface area contributed by atoms with E-state index in [0.29, 0.717) is 18.6 Å². The van der Waals surface area contributed by atoms with Gasteiger partial charge in [0.2, 0.25) is 0 Å². The highest BCUT2D eigenvalue weighted by Gasteiger charge is 2.21. The molecule has 0 aromatic heterocycles. The van der Waals surface area contributed by atoms with Gasteiger partial charge in [0.05, 0.1) is 0 Å². The molecule has 0 amide bonds. The lowest BCUT2D eigenvalue weighted by molar-refractivity contribution is 0.228. The number of hydrogen-bond donors (Lipinski definition) is 2. The summed E-state index contributed by atoms with van der Waals surface area (Å²) >= 11 is 0. The average molecular weight is 129 g/mol. The summed E-state index contributed by atoms with van der Waals surface area (Å²) in [6, 6.07) is 0.669. The van der Waals surface area contributed by atoms with Crippen molar-refractivity contribution in [2.75, 3.05) is 13.7 Å². The Morgan fingerprint density at radius 2 is 2.33 bits per heavy atom. The van der Waals surface area contributed by atoms with Gasteiger partial charge in [0, 0.05) is 12.6 Å². The van der Waals surface area contributed by atoms with Crippen LogP contribution >= 0.6 is 0 Å². The lowest BCUT2D eigenvalue weighted by Crippen LogP contribution is -2.21. The lowest BCUT2D eigenvalue weighted by Gasteiger charge is -2.06. The molecule has 2 heteroatoms. The molecule has 0 saturated heterocycles.